The Kier molecular flexibility index (Phi) is 6.04. The molecule has 1 N–H and O–H groups in total. The molecule has 0 radical (unpaired) electrons. The molecule has 2 aromatic carbocycles. The van der Waals surface area contributed by atoms with E-state index in [0.717, 1.165) is 37.2 Å². The second kappa shape index (κ2) is 8.87. The van der Waals surface area contributed by atoms with Gasteiger partial charge in [-0.15, -0.1) is 0 Å². The van der Waals surface area contributed by atoms with Gasteiger partial charge in [-0.2, -0.15) is 0 Å². The quantitative estimate of drug-likeness (QED) is 0.549. The van der Waals surface area contributed by atoms with Crippen LogP contribution in [0.1, 0.15) is 41.5 Å². The minimum atomic E-state index is -2.69. The molecule has 1 unspecified atom stereocenters. The molecular formula is C26H28F4N2O2. The van der Waals surface area contributed by atoms with E-state index in [1.165, 1.54) is 11.1 Å². The predicted octanol–water partition coefficient (Wildman–Crippen LogP) is 4.94. The Labute approximate surface area is 196 Å². The van der Waals surface area contributed by atoms with Gasteiger partial charge in [0.1, 0.15) is 5.75 Å². The third-order valence-electron chi connectivity index (χ3n) is 7.03. The van der Waals surface area contributed by atoms with Crippen molar-refractivity contribution in [1.29, 1.82) is 0 Å². The molecule has 0 spiro atoms. The summed E-state index contributed by atoms with van der Waals surface area (Å²) in [6, 6.07) is 13.8. The molecular weight excluding hydrogens is 448 g/mol. The zero-order valence-electron chi connectivity index (χ0n) is 18.8. The number of fused-ring (bicyclic) bond motifs is 1. The molecule has 2 aliphatic carbocycles. The molecule has 8 heteroatoms. The maximum atomic E-state index is 13.0. The molecule has 5 rings (SSSR count). The number of carbonyl (C=O) groups is 1. The fraction of sp³-hybridized carbons (Fsp3) is 0.500. The number of ether oxygens (including phenoxy) is 1. The highest BCUT2D eigenvalue weighted by Gasteiger charge is 2.57. The van der Waals surface area contributed by atoms with Crippen molar-refractivity contribution in [3.63, 3.8) is 0 Å². The van der Waals surface area contributed by atoms with E-state index < -0.39 is 23.7 Å². The summed E-state index contributed by atoms with van der Waals surface area (Å²) in [5, 5.41) is 2.75. The summed E-state index contributed by atoms with van der Waals surface area (Å²) in [5.41, 5.74) is 4.51. The Morgan fingerprint density at radius 3 is 2.38 bits per heavy atom. The van der Waals surface area contributed by atoms with E-state index in [1.807, 2.05) is 42.5 Å². The smallest absolute Gasteiger partial charge is 0.255 e. The maximum absolute atomic E-state index is 13.0. The average molecular weight is 477 g/mol. The molecule has 34 heavy (non-hydrogen) atoms. The second-order valence-electron chi connectivity index (χ2n) is 9.86. The first-order valence-electron chi connectivity index (χ1n) is 11.7. The van der Waals surface area contributed by atoms with Crippen LogP contribution in [0.4, 0.5) is 17.6 Å². The highest BCUT2D eigenvalue weighted by atomic mass is 19.3. The fourth-order valence-corrected chi connectivity index (χ4v) is 4.66. The van der Waals surface area contributed by atoms with Gasteiger partial charge in [0.25, 0.3) is 5.92 Å². The molecule has 2 fully saturated rings. The maximum Gasteiger partial charge on any atom is 0.255 e. The first-order chi connectivity index (χ1) is 16.2. The Morgan fingerprint density at radius 1 is 1.00 bits per heavy atom. The minimum absolute atomic E-state index is 0.0636. The van der Waals surface area contributed by atoms with Crippen molar-refractivity contribution in [3.05, 3.63) is 64.7 Å². The number of nitrogens with zero attached hydrogens (tertiary/aromatic N) is 1. The van der Waals surface area contributed by atoms with Crippen LogP contribution in [0.2, 0.25) is 0 Å². The molecule has 0 bridgehead atoms. The summed E-state index contributed by atoms with van der Waals surface area (Å²) >= 11 is 0. The van der Waals surface area contributed by atoms with Gasteiger partial charge in [-0.1, -0.05) is 30.3 Å². The van der Waals surface area contributed by atoms with E-state index in [9.17, 15) is 22.4 Å². The van der Waals surface area contributed by atoms with E-state index in [4.69, 9.17) is 4.74 Å². The number of rotatable bonds is 8. The monoisotopic (exact) mass is 476 g/mol. The number of hydrogen-bond donors (Lipinski definition) is 1. The first-order valence-corrected chi connectivity index (χ1v) is 11.7. The molecule has 182 valence electrons. The molecule has 4 nitrogen and oxygen atoms in total. The third kappa shape index (κ3) is 5.37. The minimum Gasteiger partial charge on any atom is -0.493 e. The highest BCUT2D eigenvalue weighted by Crippen LogP contribution is 2.48. The van der Waals surface area contributed by atoms with Crippen LogP contribution in [0.5, 0.6) is 5.75 Å². The van der Waals surface area contributed by atoms with Crippen LogP contribution in [0.15, 0.2) is 42.5 Å². The Morgan fingerprint density at radius 2 is 1.71 bits per heavy atom. The molecule has 0 saturated heterocycles. The van der Waals surface area contributed by atoms with Gasteiger partial charge in [-0.25, -0.2) is 17.6 Å². The summed E-state index contributed by atoms with van der Waals surface area (Å²) in [4.78, 5) is 14.3. The van der Waals surface area contributed by atoms with Crippen LogP contribution < -0.4 is 10.1 Å². The lowest BCUT2D eigenvalue weighted by molar-refractivity contribution is -0.150. The van der Waals surface area contributed by atoms with Crippen molar-refractivity contribution in [1.82, 2.24) is 10.2 Å². The van der Waals surface area contributed by atoms with Gasteiger partial charge in [0.15, 0.2) is 0 Å². The van der Waals surface area contributed by atoms with Crippen LogP contribution >= 0.6 is 0 Å². The summed E-state index contributed by atoms with van der Waals surface area (Å²) in [5.74, 6) is -6.13. The largest absolute Gasteiger partial charge is 0.493 e. The lowest BCUT2D eigenvalue weighted by atomic mass is 9.81. The van der Waals surface area contributed by atoms with Gasteiger partial charge in [0, 0.05) is 51.4 Å². The zero-order valence-corrected chi connectivity index (χ0v) is 18.8. The molecule has 2 saturated carbocycles. The number of carbonyl (C=O) groups excluding carboxylic acids is 1. The topological polar surface area (TPSA) is 41.6 Å². The number of amides is 1. The number of halogens is 4. The predicted molar refractivity (Wildman–Crippen MR) is 119 cm³/mol. The SMILES string of the molecule is O=C(NCc1ccc(CN2CCc3cc(OCC4CC4(F)F)ccc3C2)cc1)C1CC(F)(F)C1. The Hall–Kier alpha value is -2.61. The molecule has 1 atom stereocenters. The van der Waals surface area contributed by atoms with Crippen LogP contribution in [0, 0.1) is 11.8 Å². The fourth-order valence-electron chi connectivity index (χ4n) is 4.66. The standard InChI is InChI=1S/C26H28F4N2O2/c27-25(28)10-21(11-25)24(33)31-13-17-1-3-18(4-2-17)14-32-8-7-19-9-23(6-5-20(19)15-32)34-16-22-12-26(22,29)30/h1-6,9,21-22H,7-8,10-16H2,(H,31,33). The van der Waals surface area contributed by atoms with Gasteiger partial charge in [0.2, 0.25) is 11.8 Å². The van der Waals surface area contributed by atoms with Gasteiger partial charge in [0.05, 0.1) is 12.5 Å². The van der Waals surface area contributed by atoms with Crippen molar-refractivity contribution in [3.8, 4) is 5.75 Å². The van der Waals surface area contributed by atoms with Crippen molar-refractivity contribution >= 4 is 5.91 Å². The lowest BCUT2D eigenvalue weighted by Crippen LogP contribution is -2.44. The molecule has 3 aliphatic rings. The number of benzene rings is 2. The van der Waals surface area contributed by atoms with Crippen molar-refractivity contribution in [2.24, 2.45) is 11.8 Å². The van der Waals surface area contributed by atoms with E-state index >= 15 is 0 Å². The molecule has 1 aliphatic heterocycles. The summed E-state index contributed by atoms with van der Waals surface area (Å²) in [6.45, 7) is 2.88. The molecule has 0 aromatic heterocycles. The number of alkyl halides is 4. The zero-order chi connectivity index (χ0) is 23.9. The van der Waals surface area contributed by atoms with Crippen LogP contribution in [-0.2, 0) is 30.8 Å². The second-order valence-corrected chi connectivity index (χ2v) is 9.86. The molecule has 1 amide bonds. The summed E-state index contributed by atoms with van der Waals surface area (Å²) in [6.07, 6.45) is 0.0792. The number of nitrogens with one attached hydrogen (secondary N) is 1. The summed E-state index contributed by atoms with van der Waals surface area (Å²) in [7, 11) is 0. The van der Waals surface area contributed by atoms with E-state index in [-0.39, 0.29) is 31.8 Å². The lowest BCUT2D eigenvalue weighted by Gasteiger charge is -2.33. The van der Waals surface area contributed by atoms with Crippen LogP contribution in [0.3, 0.4) is 0 Å². The Balaban J connectivity index is 1.08. The van der Waals surface area contributed by atoms with Gasteiger partial charge in [-0.3, -0.25) is 9.69 Å². The highest BCUT2D eigenvalue weighted by molar-refractivity contribution is 5.79. The normalized spacial score (nSPS) is 23.0. The van der Waals surface area contributed by atoms with E-state index in [1.54, 1.807) is 0 Å². The Bertz CT molecular complexity index is 1050. The van der Waals surface area contributed by atoms with E-state index in [0.29, 0.717) is 12.3 Å². The molecule has 1 heterocycles. The first kappa shape index (κ1) is 23.1. The third-order valence-corrected chi connectivity index (χ3v) is 7.03. The van der Waals surface area contributed by atoms with Crippen molar-refractivity contribution in [2.75, 3.05) is 13.2 Å². The number of hydrogen-bond acceptors (Lipinski definition) is 3. The van der Waals surface area contributed by atoms with Crippen molar-refractivity contribution < 1.29 is 27.1 Å². The van der Waals surface area contributed by atoms with Crippen molar-refractivity contribution in [2.45, 2.75) is 57.2 Å². The van der Waals surface area contributed by atoms with Crippen LogP contribution in [0.25, 0.3) is 0 Å². The molecule has 2 aromatic rings. The van der Waals surface area contributed by atoms with Gasteiger partial charge in [-0.05, 0) is 40.8 Å². The average Bonchev–Trinajstić information content (AvgIpc) is 3.41. The summed E-state index contributed by atoms with van der Waals surface area (Å²) < 4.78 is 57.5. The van der Waals surface area contributed by atoms with Gasteiger partial charge >= 0.3 is 0 Å². The van der Waals surface area contributed by atoms with Gasteiger partial charge < -0.3 is 10.1 Å². The van der Waals surface area contributed by atoms with Crippen LogP contribution in [-0.4, -0.2) is 35.8 Å². The van der Waals surface area contributed by atoms with E-state index in [2.05, 4.69) is 10.2 Å².